The van der Waals surface area contributed by atoms with E-state index in [1.165, 1.54) is 10.5 Å². The molecule has 4 rings (SSSR count). The number of rotatable bonds is 3. The second kappa shape index (κ2) is 7.64. The summed E-state index contributed by atoms with van der Waals surface area (Å²) in [6, 6.07) is 13.3. The molecule has 0 N–H and O–H groups in total. The van der Waals surface area contributed by atoms with Gasteiger partial charge in [0.25, 0.3) is 11.1 Å². The molecule has 30 heavy (non-hydrogen) atoms. The molecule has 2 aromatic carbocycles. The molecule has 1 saturated heterocycles. The summed E-state index contributed by atoms with van der Waals surface area (Å²) in [4.78, 5) is 29.3. The fraction of sp³-hybridized carbons (Fsp3) is 0.250. The van der Waals surface area contributed by atoms with Gasteiger partial charge in [-0.15, -0.1) is 0 Å². The summed E-state index contributed by atoms with van der Waals surface area (Å²) in [5, 5.41) is 0.371. The number of carbonyl (C=O) groups is 2. The zero-order chi connectivity index (χ0) is 21.6. The Morgan fingerprint density at radius 1 is 1.10 bits per heavy atom. The number of hydrogen-bond donors (Lipinski definition) is 0. The molecule has 0 saturated carbocycles. The number of anilines is 1. The fourth-order valence-corrected chi connectivity index (χ4v) is 4.79. The summed E-state index contributed by atoms with van der Waals surface area (Å²) in [6.07, 6.45) is 4.05. The predicted molar refractivity (Wildman–Crippen MR) is 126 cm³/mol. The van der Waals surface area contributed by atoms with Crippen LogP contribution in [0.3, 0.4) is 0 Å². The Balaban J connectivity index is 1.60. The number of amides is 2. The zero-order valence-corrected chi connectivity index (χ0v) is 19.0. The maximum Gasteiger partial charge on any atom is 0.293 e. The van der Waals surface area contributed by atoms with Crippen molar-refractivity contribution in [2.75, 3.05) is 11.9 Å². The number of carbonyl (C=O) groups excluding carboxylic acids is 2. The van der Waals surface area contributed by atoms with Crippen LogP contribution in [0.4, 0.5) is 10.5 Å². The van der Waals surface area contributed by atoms with E-state index >= 15 is 0 Å². The average Bonchev–Trinajstić information content (AvgIpc) is 2.95. The minimum Gasteiger partial charge on any atom is -0.366 e. The fourth-order valence-electron chi connectivity index (χ4n) is 3.83. The molecule has 2 amide bonds. The van der Waals surface area contributed by atoms with Gasteiger partial charge in [0.1, 0.15) is 0 Å². The average molecular weight is 439 g/mol. The Kier molecular flexibility index (Phi) is 5.28. The first-order valence-corrected chi connectivity index (χ1v) is 10.9. The lowest BCUT2D eigenvalue weighted by molar-refractivity contribution is -0.123. The van der Waals surface area contributed by atoms with E-state index in [1.807, 2.05) is 18.2 Å². The summed E-state index contributed by atoms with van der Waals surface area (Å²) in [5.74, 6) is -0.261. The van der Waals surface area contributed by atoms with E-state index < -0.39 is 0 Å². The lowest BCUT2D eigenvalue weighted by Crippen LogP contribution is -2.42. The van der Waals surface area contributed by atoms with Crippen LogP contribution in [-0.2, 0) is 11.3 Å². The van der Waals surface area contributed by atoms with Crippen LogP contribution in [0.15, 0.2) is 53.4 Å². The van der Waals surface area contributed by atoms with Crippen LogP contribution in [-0.4, -0.2) is 28.6 Å². The van der Waals surface area contributed by atoms with Crippen molar-refractivity contribution < 1.29 is 9.59 Å². The molecular weight excluding hydrogens is 416 g/mol. The van der Waals surface area contributed by atoms with Gasteiger partial charge in [-0.1, -0.05) is 35.9 Å². The molecule has 2 aromatic rings. The van der Waals surface area contributed by atoms with Gasteiger partial charge in [0, 0.05) is 23.3 Å². The van der Waals surface area contributed by atoms with Crippen LogP contribution < -0.4 is 4.90 Å². The second-order valence-electron chi connectivity index (χ2n) is 8.21. The third kappa shape index (κ3) is 3.80. The summed E-state index contributed by atoms with van der Waals surface area (Å²) < 4.78 is 0. The monoisotopic (exact) mass is 438 g/mol. The number of thioether (sulfide) groups is 1. The summed E-state index contributed by atoms with van der Waals surface area (Å²) in [5.41, 5.74) is 5.23. The molecule has 0 aromatic heterocycles. The molecular formula is C24H23ClN2O2S. The minimum absolute atomic E-state index is 0.0527. The number of allylic oxidation sites excluding steroid dienone is 1. The predicted octanol–water partition coefficient (Wildman–Crippen LogP) is 6.21. The van der Waals surface area contributed by atoms with Crippen molar-refractivity contribution in [1.29, 1.82) is 0 Å². The lowest BCUT2D eigenvalue weighted by atomic mass is 9.88. The quantitative estimate of drug-likeness (QED) is 0.534. The maximum atomic E-state index is 12.9. The van der Waals surface area contributed by atoms with Gasteiger partial charge in [0.05, 0.1) is 17.0 Å². The van der Waals surface area contributed by atoms with Crippen molar-refractivity contribution in [3.8, 4) is 0 Å². The zero-order valence-electron chi connectivity index (χ0n) is 17.4. The van der Waals surface area contributed by atoms with Gasteiger partial charge < -0.3 is 4.90 Å². The molecule has 2 heterocycles. The number of hydrogen-bond acceptors (Lipinski definition) is 4. The number of likely N-dealkylation sites (N-methyl/N-ethyl adjacent to an activating group) is 1. The Bertz CT molecular complexity index is 1100. The van der Waals surface area contributed by atoms with Crippen LogP contribution in [0.2, 0.25) is 5.02 Å². The molecule has 0 unspecified atom stereocenters. The first kappa shape index (κ1) is 20.8. The van der Waals surface area contributed by atoms with E-state index in [-0.39, 0.29) is 23.2 Å². The maximum absolute atomic E-state index is 12.9. The van der Waals surface area contributed by atoms with Gasteiger partial charge in [-0.25, -0.2) is 0 Å². The molecule has 6 heteroatoms. The number of halogens is 1. The standard InChI is InChI=1S/C24H23ClN2O2S/c1-15-13-24(2,3)26(4)20-10-7-17(11-19(15)20)12-21-22(28)27(23(29)30-21)14-16-5-8-18(25)9-6-16/h5-13H,14H2,1-4H3/b21-12-. The van der Waals surface area contributed by atoms with Gasteiger partial charge >= 0.3 is 0 Å². The molecule has 154 valence electrons. The van der Waals surface area contributed by atoms with E-state index in [2.05, 4.69) is 50.9 Å². The van der Waals surface area contributed by atoms with Gasteiger partial charge in [0.15, 0.2) is 0 Å². The SMILES string of the molecule is CC1=CC(C)(C)N(C)c2ccc(/C=C3\SC(=O)N(Cc4ccc(Cl)cc4)C3=O)cc21. The number of benzene rings is 2. The molecule has 0 aliphatic carbocycles. The number of imide groups is 1. The Morgan fingerprint density at radius 2 is 1.80 bits per heavy atom. The van der Waals surface area contributed by atoms with Gasteiger partial charge in [-0.3, -0.25) is 14.5 Å². The first-order valence-electron chi connectivity index (χ1n) is 9.73. The third-order valence-corrected chi connectivity index (χ3v) is 6.83. The van der Waals surface area contributed by atoms with E-state index in [4.69, 9.17) is 11.6 Å². The van der Waals surface area contributed by atoms with E-state index in [1.54, 1.807) is 18.2 Å². The molecule has 0 radical (unpaired) electrons. The number of fused-ring (bicyclic) bond motifs is 1. The molecule has 0 atom stereocenters. The largest absolute Gasteiger partial charge is 0.366 e. The molecule has 0 bridgehead atoms. The molecule has 2 aliphatic rings. The minimum atomic E-state index is -0.261. The van der Waals surface area contributed by atoms with Crippen molar-refractivity contribution in [3.63, 3.8) is 0 Å². The topological polar surface area (TPSA) is 40.6 Å². The molecule has 0 spiro atoms. The highest BCUT2D eigenvalue weighted by atomic mass is 35.5. The van der Waals surface area contributed by atoms with Crippen LogP contribution in [0.5, 0.6) is 0 Å². The highest BCUT2D eigenvalue weighted by Gasteiger charge is 2.35. The van der Waals surface area contributed by atoms with E-state index in [0.717, 1.165) is 34.1 Å². The van der Waals surface area contributed by atoms with Crippen molar-refractivity contribution >= 4 is 51.8 Å². The van der Waals surface area contributed by atoms with Gasteiger partial charge in [-0.2, -0.15) is 0 Å². The van der Waals surface area contributed by atoms with Gasteiger partial charge in [0.2, 0.25) is 0 Å². The van der Waals surface area contributed by atoms with E-state index in [9.17, 15) is 9.59 Å². The normalized spacial score (nSPS) is 19.4. The Hall–Kier alpha value is -2.50. The molecule has 4 nitrogen and oxygen atoms in total. The van der Waals surface area contributed by atoms with Crippen molar-refractivity contribution in [2.24, 2.45) is 0 Å². The summed E-state index contributed by atoms with van der Waals surface area (Å²) in [6.45, 7) is 6.72. The summed E-state index contributed by atoms with van der Waals surface area (Å²) in [7, 11) is 2.09. The van der Waals surface area contributed by atoms with Crippen LogP contribution in [0.1, 0.15) is 37.5 Å². The highest BCUT2D eigenvalue weighted by molar-refractivity contribution is 8.18. The van der Waals surface area contributed by atoms with Crippen LogP contribution in [0, 0.1) is 0 Å². The Labute approximate surface area is 186 Å². The van der Waals surface area contributed by atoms with Crippen molar-refractivity contribution in [3.05, 3.63) is 75.2 Å². The smallest absolute Gasteiger partial charge is 0.293 e. The number of nitrogens with zero attached hydrogens (tertiary/aromatic N) is 2. The first-order chi connectivity index (χ1) is 14.2. The van der Waals surface area contributed by atoms with E-state index in [0.29, 0.717) is 9.93 Å². The second-order valence-corrected chi connectivity index (χ2v) is 9.64. The van der Waals surface area contributed by atoms with Crippen LogP contribution >= 0.6 is 23.4 Å². The van der Waals surface area contributed by atoms with Gasteiger partial charge in [-0.05, 0) is 79.6 Å². The summed E-state index contributed by atoms with van der Waals surface area (Å²) >= 11 is 6.90. The molecule has 1 fully saturated rings. The van der Waals surface area contributed by atoms with Crippen molar-refractivity contribution in [1.82, 2.24) is 4.90 Å². The van der Waals surface area contributed by atoms with Crippen molar-refractivity contribution in [2.45, 2.75) is 32.9 Å². The van der Waals surface area contributed by atoms with Crippen LogP contribution in [0.25, 0.3) is 11.6 Å². The Morgan fingerprint density at radius 3 is 2.50 bits per heavy atom. The lowest BCUT2D eigenvalue weighted by Gasteiger charge is -2.40. The highest BCUT2D eigenvalue weighted by Crippen LogP contribution is 2.39. The third-order valence-electron chi connectivity index (χ3n) is 5.67. The molecule has 2 aliphatic heterocycles.